The molecule has 0 aromatic heterocycles. The van der Waals surface area contributed by atoms with E-state index in [0.717, 1.165) is 11.1 Å². The quantitative estimate of drug-likeness (QED) is 0.206. The van der Waals surface area contributed by atoms with Gasteiger partial charge in [-0.2, -0.15) is 0 Å². The molecule has 0 spiro atoms. The third-order valence-electron chi connectivity index (χ3n) is 4.82. The van der Waals surface area contributed by atoms with Crippen LogP contribution < -0.4 is 14.4 Å². The number of nitrogens with zero attached hydrogens (tertiary/aromatic N) is 1. The number of hydrogen-bond acceptors (Lipinski definition) is 5. The molecule has 0 radical (unpaired) electrons. The van der Waals surface area contributed by atoms with Gasteiger partial charge in [0.1, 0.15) is 6.61 Å². The van der Waals surface area contributed by atoms with Gasteiger partial charge in [0.2, 0.25) is 0 Å². The van der Waals surface area contributed by atoms with E-state index >= 15 is 0 Å². The summed E-state index contributed by atoms with van der Waals surface area (Å²) in [5, 5.41) is 1.44. The van der Waals surface area contributed by atoms with Gasteiger partial charge >= 0.3 is 0 Å². The molecule has 174 valence electrons. The third kappa shape index (κ3) is 5.40. The van der Waals surface area contributed by atoms with Crippen molar-refractivity contribution in [3.8, 4) is 11.5 Å². The number of rotatable bonds is 6. The fourth-order valence-electron chi connectivity index (χ4n) is 3.22. The molecule has 0 unspecified atom stereocenters. The minimum absolute atomic E-state index is 0.270. The van der Waals surface area contributed by atoms with E-state index in [1.54, 1.807) is 37.5 Å². The van der Waals surface area contributed by atoms with Crippen LogP contribution in [0.1, 0.15) is 11.1 Å². The van der Waals surface area contributed by atoms with E-state index in [1.807, 2.05) is 30.3 Å². The summed E-state index contributed by atoms with van der Waals surface area (Å²) in [5.41, 5.74) is 2.07. The van der Waals surface area contributed by atoms with Crippen molar-refractivity contribution in [1.82, 2.24) is 0 Å². The molecule has 4 nitrogen and oxygen atoms in total. The molecule has 10 heteroatoms. The van der Waals surface area contributed by atoms with E-state index in [1.165, 1.54) is 16.7 Å². The van der Waals surface area contributed by atoms with Gasteiger partial charge in [-0.1, -0.05) is 77.0 Å². The first kappa shape index (κ1) is 25.4. The topological polar surface area (TPSA) is 38.8 Å². The van der Waals surface area contributed by atoms with Crippen LogP contribution in [0.3, 0.4) is 0 Å². The van der Waals surface area contributed by atoms with Crippen LogP contribution in [0.15, 0.2) is 64.0 Å². The average molecular weight is 616 g/mol. The fraction of sp³-hybridized carbons (Fsp3) is 0.0833. The van der Waals surface area contributed by atoms with Gasteiger partial charge in [-0.05, 0) is 64.0 Å². The second-order valence-electron chi connectivity index (χ2n) is 7.03. The molecular weight excluding hydrogens is 601 g/mol. The smallest absolute Gasteiger partial charge is 0.270 e. The van der Waals surface area contributed by atoms with Crippen LogP contribution in [-0.4, -0.2) is 17.3 Å². The lowest BCUT2D eigenvalue weighted by Gasteiger charge is -2.16. The van der Waals surface area contributed by atoms with Crippen molar-refractivity contribution in [2.45, 2.75) is 6.61 Å². The van der Waals surface area contributed by atoms with Crippen molar-refractivity contribution in [3.05, 3.63) is 90.2 Å². The maximum atomic E-state index is 13.1. The highest BCUT2D eigenvalue weighted by Gasteiger charge is 2.34. The number of carbonyl (C=O) groups is 1. The van der Waals surface area contributed by atoms with E-state index in [4.69, 9.17) is 56.5 Å². The Morgan fingerprint density at radius 1 is 1.09 bits per heavy atom. The van der Waals surface area contributed by atoms with E-state index in [-0.39, 0.29) is 12.5 Å². The highest BCUT2D eigenvalue weighted by atomic mass is 79.9. The fourth-order valence-corrected chi connectivity index (χ4v) is 5.76. The summed E-state index contributed by atoms with van der Waals surface area (Å²) in [4.78, 5) is 15.0. The number of thioether (sulfide) groups is 1. The summed E-state index contributed by atoms with van der Waals surface area (Å²) < 4.78 is 12.6. The first-order chi connectivity index (χ1) is 16.3. The second kappa shape index (κ2) is 10.9. The molecule has 1 aliphatic heterocycles. The zero-order valence-electron chi connectivity index (χ0n) is 17.5. The van der Waals surface area contributed by atoms with Crippen molar-refractivity contribution in [2.75, 3.05) is 12.0 Å². The van der Waals surface area contributed by atoms with Gasteiger partial charge in [-0.25, -0.2) is 0 Å². The van der Waals surface area contributed by atoms with Crippen molar-refractivity contribution in [3.63, 3.8) is 0 Å². The average Bonchev–Trinajstić information content (AvgIpc) is 3.06. The molecule has 3 aromatic rings. The summed E-state index contributed by atoms with van der Waals surface area (Å²) >= 11 is 28.7. The number of thiocarbonyl (C=S) groups is 1. The molecule has 34 heavy (non-hydrogen) atoms. The Morgan fingerprint density at radius 2 is 1.85 bits per heavy atom. The van der Waals surface area contributed by atoms with Gasteiger partial charge in [-0.15, -0.1) is 0 Å². The maximum Gasteiger partial charge on any atom is 0.270 e. The van der Waals surface area contributed by atoms with Gasteiger partial charge in [0, 0.05) is 15.6 Å². The molecule has 0 saturated carbocycles. The number of benzene rings is 3. The minimum Gasteiger partial charge on any atom is -0.493 e. The van der Waals surface area contributed by atoms with Crippen LogP contribution in [0.5, 0.6) is 11.5 Å². The number of carbonyl (C=O) groups excluding carboxylic acids is 1. The van der Waals surface area contributed by atoms with E-state index in [0.29, 0.717) is 46.0 Å². The standard InChI is InChI=1S/C24H15BrCl3NO3S2/c1-31-20-9-13(8-16(25)22(20)32-12-14-4-2-3-5-17(14)27)10-21-23(30)29(24(33)34-21)19-7-6-15(26)11-18(19)28/h2-11H,12H2,1H3/b21-10-. The molecule has 0 N–H and O–H groups in total. The number of methoxy groups -OCH3 is 1. The number of hydrogen-bond donors (Lipinski definition) is 0. The molecule has 1 saturated heterocycles. The molecule has 1 heterocycles. The summed E-state index contributed by atoms with van der Waals surface area (Å²) in [7, 11) is 1.55. The van der Waals surface area contributed by atoms with Gasteiger partial charge in [-0.3, -0.25) is 9.69 Å². The Hall–Kier alpha value is -1.74. The van der Waals surface area contributed by atoms with Gasteiger partial charge in [0.25, 0.3) is 5.91 Å². The van der Waals surface area contributed by atoms with E-state index in [2.05, 4.69) is 15.9 Å². The van der Waals surface area contributed by atoms with Gasteiger partial charge < -0.3 is 9.47 Å². The first-order valence-electron chi connectivity index (χ1n) is 9.75. The Morgan fingerprint density at radius 3 is 2.56 bits per heavy atom. The Labute approximate surface area is 229 Å². The highest BCUT2D eigenvalue weighted by Crippen LogP contribution is 2.42. The molecule has 4 rings (SSSR count). The molecule has 0 aliphatic carbocycles. The van der Waals surface area contributed by atoms with Crippen molar-refractivity contribution in [2.24, 2.45) is 0 Å². The molecule has 0 atom stereocenters. The van der Waals surface area contributed by atoms with Crippen molar-refractivity contribution < 1.29 is 14.3 Å². The van der Waals surface area contributed by atoms with Crippen LogP contribution in [0.4, 0.5) is 5.69 Å². The Bertz CT molecular complexity index is 1330. The zero-order valence-corrected chi connectivity index (χ0v) is 23.0. The largest absolute Gasteiger partial charge is 0.493 e. The predicted molar refractivity (Wildman–Crippen MR) is 149 cm³/mol. The summed E-state index contributed by atoms with van der Waals surface area (Å²) in [6.07, 6.45) is 1.74. The molecule has 1 aliphatic rings. The SMILES string of the molecule is COc1cc(/C=C2\SC(=S)N(c3ccc(Cl)cc3Cl)C2=O)cc(Br)c1OCc1ccccc1Cl. The van der Waals surface area contributed by atoms with Crippen LogP contribution in [0, 0.1) is 0 Å². The predicted octanol–water partition coefficient (Wildman–Crippen LogP) is 8.40. The summed E-state index contributed by atoms with van der Waals surface area (Å²) in [5.74, 6) is 0.761. The second-order valence-corrected chi connectivity index (χ2v) is 10.8. The van der Waals surface area contributed by atoms with Crippen LogP contribution in [0.2, 0.25) is 15.1 Å². The molecule has 1 fully saturated rings. The van der Waals surface area contributed by atoms with Crippen molar-refractivity contribution in [1.29, 1.82) is 0 Å². The number of halogens is 4. The van der Waals surface area contributed by atoms with E-state index < -0.39 is 0 Å². The minimum atomic E-state index is -0.270. The summed E-state index contributed by atoms with van der Waals surface area (Å²) in [6.45, 7) is 0.272. The van der Waals surface area contributed by atoms with Gasteiger partial charge in [0.15, 0.2) is 15.8 Å². The van der Waals surface area contributed by atoms with E-state index in [9.17, 15) is 4.79 Å². The molecule has 0 bridgehead atoms. The molecule has 1 amide bonds. The number of ether oxygens (including phenoxy) is 2. The first-order valence-corrected chi connectivity index (χ1v) is 12.9. The monoisotopic (exact) mass is 613 g/mol. The normalized spacial score (nSPS) is 14.7. The number of anilines is 1. The van der Waals surface area contributed by atoms with Gasteiger partial charge in [0.05, 0.1) is 27.2 Å². The Balaban J connectivity index is 1.60. The zero-order chi connectivity index (χ0) is 24.4. The van der Waals surface area contributed by atoms with Crippen LogP contribution in [0.25, 0.3) is 6.08 Å². The lowest BCUT2D eigenvalue weighted by molar-refractivity contribution is -0.113. The number of amides is 1. The molecule has 3 aromatic carbocycles. The van der Waals surface area contributed by atoms with Crippen LogP contribution >= 0.6 is 74.7 Å². The summed E-state index contributed by atoms with van der Waals surface area (Å²) in [6, 6.07) is 16.0. The maximum absolute atomic E-state index is 13.1. The lowest BCUT2D eigenvalue weighted by Crippen LogP contribution is -2.27. The lowest BCUT2D eigenvalue weighted by atomic mass is 10.1. The Kier molecular flexibility index (Phi) is 8.12. The molecular formula is C24H15BrCl3NO3S2. The third-order valence-corrected chi connectivity index (χ3v) is 7.62. The van der Waals surface area contributed by atoms with Crippen LogP contribution in [-0.2, 0) is 11.4 Å². The van der Waals surface area contributed by atoms with Crippen molar-refractivity contribution >= 4 is 96.7 Å². The highest BCUT2D eigenvalue weighted by molar-refractivity contribution is 9.10.